The van der Waals surface area contributed by atoms with E-state index in [9.17, 15) is 20.4 Å². The van der Waals surface area contributed by atoms with Crippen LogP contribution in [0, 0.1) is 13.8 Å². The molecule has 0 saturated heterocycles. The zero-order chi connectivity index (χ0) is 19.9. The molecule has 1 unspecified atom stereocenters. The van der Waals surface area contributed by atoms with Crippen LogP contribution in [0.3, 0.4) is 0 Å². The van der Waals surface area contributed by atoms with Crippen LogP contribution in [0.15, 0.2) is 18.2 Å². The fourth-order valence-electron chi connectivity index (χ4n) is 3.78. The van der Waals surface area contributed by atoms with E-state index >= 15 is 0 Å². The van der Waals surface area contributed by atoms with Crippen LogP contribution in [0.5, 0.6) is 23.0 Å². The Morgan fingerprint density at radius 1 is 1.07 bits per heavy atom. The minimum atomic E-state index is -0.929. The van der Waals surface area contributed by atoms with Crippen LogP contribution in [-0.4, -0.2) is 26.0 Å². The maximum absolute atomic E-state index is 10.9. The molecule has 4 N–H and O–H groups in total. The highest BCUT2D eigenvalue weighted by Gasteiger charge is 2.33. The third-order valence-corrected chi connectivity index (χ3v) is 5.60. The van der Waals surface area contributed by atoms with E-state index in [0.717, 1.165) is 23.3 Å². The van der Waals surface area contributed by atoms with E-state index in [1.165, 1.54) is 12.1 Å². The normalized spacial score (nSPS) is 16.5. The van der Waals surface area contributed by atoms with Gasteiger partial charge in [-0.1, -0.05) is 6.07 Å². The summed E-state index contributed by atoms with van der Waals surface area (Å²) in [6.45, 7) is 7.82. The van der Waals surface area contributed by atoms with Gasteiger partial charge in [-0.2, -0.15) is 0 Å². The molecule has 2 aromatic rings. The third-order valence-electron chi connectivity index (χ3n) is 5.60. The van der Waals surface area contributed by atoms with Crippen LogP contribution in [0.2, 0.25) is 0 Å². The quantitative estimate of drug-likeness (QED) is 0.646. The Morgan fingerprint density at radius 2 is 1.70 bits per heavy atom. The van der Waals surface area contributed by atoms with Gasteiger partial charge in [-0.05, 0) is 76.6 Å². The molecule has 146 valence electrons. The molecular formula is C22H28O5. The molecule has 5 nitrogen and oxygen atoms in total. The molecule has 5 heteroatoms. The first-order valence-electron chi connectivity index (χ1n) is 9.34. The van der Waals surface area contributed by atoms with Gasteiger partial charge in [0.05, 0.1) is 6.10 Å². The summed E-state index contributed by atoms with van der Waals surface area (Å²) in [7, 11) is 0. The number of aliphatic hydroxyl groups excluding tert-OH is 1. The molecule has 0 aromatic heterocycles. The van der Waals surface area contributed by atoms with Gasteiger partial charge in [-0.25, -0.2) is 0 Å². The number of rotatable bonds is 4. The van der Waals surface area contributed by atoms with Gasteiger partial charge in [-0.3, -0.25) is 0 Å². The molecule has 0 fully saturated rings. The molecule has 0 spiro atoms. The number of fused-ring (bicyclic) bond motifs is 1. The number of phenols is 3. The monoisotopic (exact) mass is 372 g/mol. The van der Waals surface area contributed by atoms with E-state index in [1.807, 2.05) is 27.7 Å². The lowest BCUT2D eigenvalue weighted by molar-refractivity contribution is 0.0805. The number of hydrogen-bond donors (Lipinski definition) is 4. The lowest BCUT2D eigenvalue weighted by Crippen LogP contribution is -2.33. The molecule has 0 aliphatic carbocycles. The van der Waals surface area contributed by atoms with Gasteiger partial charge in [0.2, 0.25) is 0 Å². The topological polar surface area (TPSA) is 90.2 Å². The fraction of sp³-hybridized carbons (Fsp3) is 0.455. The van der Waals surface area contributed by atoms with Crippen molar-refractivity contribution in [1.82, 2.24) is 0 Å². The standard InChI is InChI=1S/C22H28O5/c1-12-13(2)21-15(10-11-22(3,4)27-21)19(20(12)26)18(25)9-8-14-16(23)6-5-7-17(14)24/h5-7,18,23-26H,8-11H2,1-4H3. The first-order chi connectivity index (χ1) is 12.6. The predicted molar refractivity (Wildman–Crippen MR) is 104 cm³/mol. The highest BCUT2D eigenvalue weighted by Crippen LogP contribution is 2.46. The van der Waals surface area contributed by atoms with Gasteiger partial charge in [0, 0.05) is 16.7 Å². The summed E-state index contributed by atoms with van der Waals surface area (Å²) in [5.74, 6) is 0.849. The second kappa shape index (κ2) is 6.97. The van der Waals surface area contributed by atoms with Gasteiger partial charge in [0.1, 0.15) is 28.6 Å². The van der Waals surface area contributed by atoms with Crippen molar-refractivity contribution in [2.24, 2.45) is 0 Å². The summed E-state index contributed by atoms with van der Waals surface area (Å²) in [5, 5.41) is 41.5. The Bertz CT molecular complexity index is 849. The zero-order valence-corrected chi connectivity index (χ0v) is 16.3. The molecule has 0 bridgehead atoms. The smallest absolute Gasteiger partial charge is 0.127 e. The van der Waals surface area contributed by atoms with Gasteiger partial charge < -0.3 is 25.2 Å². The molecule has 1 atom stereocenters. The Hall–Kier alpha value is -2.40. The minimum Gasteiger partial charge on any atom is -0.508 e. The van der Waals surface area contributed by atoms with Crippen LogP contribution in [0.4, 0.5) is 0 Å². The minimum absolute atomic E-state index is 0.00128. The van der Waals surface area contributed by atoms with E-state index in [-0.39, 0.29) is 35.7 Å². The van der Waals surface area contributed by atoms with E-state index in [2.05, 4.69) is 0 Å². The molecule has 1 heterocycles. The number of phenolic OH excluding ortho intramolecular Hbond substituents is 3. The van der Waals surface area contributed by atoms with Crippen molar-refractivity contribution < 1.29 is 25.2 Å². The molecular weight excluding hydrogens is 344 g/mol. The summed E-state index contributed by atoms with van der Waals surface area (Å²) >= 11 is 0. The van der Waals surface area contributed by atoms with Crippen molar-refractivity contribution in [2.45, 2.75) is 65.1 Å². The van der Waals surface area contributed by atoms with E-state index in [4.69, 9.17) is 4.74 Å². The Balaban J connectivity index is 1.95. The number of ether oxygens (including phenoxy) is 1. The number of benzene rings is 2. The van der Waals surface area contributed by atoms with Crippen molar-refractivity contribution in [3.8, 4) is 23.0 Å². The average molecular weight is 372 g/mol. The largest absolute Gasteiger partial charge is 0.508 e. The van der Waals surface area contributed by atoms with Crippen LogP contribution in [0.1, 0.15) is 60.6 Å². The van der Waals surface area contributed by atoms with Crippen molar-refractivity contribution in [2.75, 3.05) is 0 Å². The molecule has 3 rings (SSSR count). The van der Waals surface area contributed by atoms with Crippen LogP contribution >= 0.6 is 0 Å². The summed E-state index contributed by atoms with van der Waals surface area (Å²) in [5.41, 5.74) is 3.05. The lowest BCUT2D eigenvalue weighted by atomic mass is 9.84. The van der Waals surface area contributed by atoms with Gasteiger partial charge >= 0.3 is 0 Å². The molecule has 1 aliphatic rings. The summed E-state index contributed by atoms with van der Waals surface area (Å²) < 4.78 is 6.18. The number of aromatic hydroxyl groups is 3. The highest BCUT2D eigenvalue weighted by molar-refractivity contribution is 5.59. The SMILES string of the molecule is Cc1c(C)c2c(c(C(O)CCc3c(O)cccc3O)c1O)CCC(C)(C)O2. The highest BCUT2D eigenvalue weighted by atomic mass is 16.5. The van der Waals surface area contributed by atoms with E-state index < -0.39 is 6.10 Å². The van der Waals surface area contributed by atoms with Crippen molar-refractivity contribution >= 4 is 0 Å². The third kappa shape index (κ3) is 3.56. The number of aliphatic hydroxyl groups is 1. The first-order valence-corrected chi connectivity index (χ1v) is 9.34. The second-order valence-corrected chi connectivity index (χ2v) is 8.01. The fourth-order valence-corrected chi connectivity index (χ4v) is 3.78. The Kier molecular flexibility index (Phi) is 5.00. The first kappa shape index (κ1) is 19.4. The van der Waals surface area contributed by atoms with E-state index in [1.54, 1.807) is 6.07 Å². The van der Waals surface area contributed by atoms with Crippen LogP contribution < -0.4 is 4.74 Å². The van der Waals surface area contributed by atoms with E-state index in [0.29, 0.717) is 23.1 Å². The molecule has 0 radical (unpaired) electrons. The van der Waals surface area contributed by atoms with Crippen molar-refractivity contribution in [3.63, 3.8) is 0 Å². The number of hydrogen-bond acceptors (Lipinski definition) is 5. The molecule has 0 amide bonds. The Morgan fingerprint density at radius 3 is 2.33 bits per heavy atom. The van der Waals surface area contributed by atoms with Gasteiger partial charge in [-0.15, -0.1) is 0 Å². The maximum Gasteiger partial charge on any atom is 0.127 e. The van der Waals surface area contributed by atoms with Crippen LogP contribution in [0.25, 0.3) is 0 Å². The zero-order valence-electron chi connectivity index (χ0n) is 16.3. The predicted octanol–water partition coefficient (Wildman–Crippen LogP) is 4.19. The Labute approximate surface area is 159 Å². The molecule has 27 heavy (non-hydrogen) atoms. The van der Waals surface area contributed by atoms with Crippen LogP contribution in [-0.2, 0) is 12.8 Å². The van der Waals surface area contributed by atoms with Gasteiger partial charge in [0.25, 0.3) is 0 Å². The average Bonchev–Trinajstić information content (AvgIpc) is 2.60. The summed E-state index contributed by atoms with van der Waals surface area (Å²) in [4.78, 5) is 0. The maximum atomic E-state index is 10.9. The second-order valence-electron chi connectivity index (χ2n) is 8.01. The summed E-state index contributed by atoms with van der Waals surface area (Å²) in [6, 6.07) is 4.58. The molecule has 0 saturated carbocycles. The summed E-state index contributed by atoms with van der Waals surface area (Å²) in [6.07, 6.45) is 1.12. The van der Waals surface area contributed by atoms with Crippen molar-refractivity contribution in [1.29, 1.82) is 0 Å². The lowest BCUT2D eigenvalue weighted by Gasteiger charge is -2.36. The molecule has 1 aliphatic heterocycles. The van der Waals surface area contributed by atoms with Crippen molar-refractivity contribution in [3.05, 3.63) is 46.0 Å². The van der Waals surface area contributed by atoms with Gasteiger partial charge in [0.15, 0.2) is 0 Å². The molecule has 2 aromatic carbocycles.